The maximum absolute atomic E-state index is 14.5. The van der Waals surface area contributed by atoms with Gasteiger partial charge in [-0.2, -0.15) is 149 Å². The summed E-state index contributed by atoms with van der Waals surface area (Å²) in [5, 5.41) is 0. The maximum atomic E-state index is 14.5. The van der Waals surface area contributed by atoms with Gasteiger partial charge in [0.25, 0.3) is 0 Å². The normalized spacial score (nSPS) is 20.6. The van der Waals surface area contributed by atoms with Gasteiger partial charge in [0, 0.05) is 0 Å². The molecule has 0 aliphatic carbocycles. The van der Waals surface area contributed by atoms with Crippen LogP contribution in [0.1, 0.15) is 0 Å². The second-order valence-corrected chi connectivity index (χ2v) is 8.99. The van der Waals surface area contributed by atoms with Gasteiger partial charge in [-0.3, -0.25) is 18.9 Å². The summed E-state index contributed by atoms with van der Waals surface area (Å²) in [7, 11) is 0. The number of ether oxygens (including phenoxy) is 4. The van der Waals surface area contributed by atoms with Crippen LogP contribution in [-0.4, -0.2) is 96.8 Å². The summed E-state index contributed by atoms with van der Waals surface area (Å²) in [6.07, 6.45) is -89.3. The topological polar surface area (TPSA) is 36.9 Å². The zero-order valence-electron chi connectivity index (χ0n) is 22.5. The Morgan fingerprint density at radius 2 is 0.315 bits per heavy atom. The van der Waals surface area contributed by atoms with Crippen molar-refractivity contribution in [2.75, 3.05) is 0 Å². The van der Waals surface area contributed by atoms with Crippen molar-refractivity contribution in [2.24, 2.45) is 0 Å². The Morgan fingerprint density at radius 3 is 0.481 bits per heavy atom. The van der Waals surface area contributed by atoms with Gasteiger partial charge in [-0.05, 0) is 0 Å². The van der Waals surface area contributed by atoms with E-state index in [-0.39, 0.29) is 0 Å². The first kappa shape index (κ1) is 51.5. The Morgan fingerprint density at radius 1 is 0.167 bits per heavy atom. The van der Waals surface area contributed by atoms with E-state index in [1.54, 1.807) is 0 Å². The Bertz CT molecular complexity index is 1310. The van der Waals surface area contributed by atoms with Crippen LogP contribution >= 0.6 is 0 Å². The summed E-state index contributed by atoms with van der Waals surface area (Å²) < 4.78 is 450. The lowest BCUT2D eigenvalue weighted by atomic mass is 10.1. The molecule has 0 aromatic rings. The van der Waals surface area contributed by atoms with E-state index >= 15 is 0 Å². The van der Waals surface area contributed by atoms with Gasteiger partial charge in [-0.15, -0.1) is 0 Å². The molecule has 0 radical (unpaired) electrons. The van der Waals surface area contributed by atoms with Crippen molar-refractivity contribution < 1.29 is 168 Å². The zero-order chi connectivity index (χ0) is 44.8. The van der Waals surface area contributed by atoms with Gasteiger partial charge in [0.1, 0.15) is 0 Å². The van der Waals surface area contributed by atoms with Crippen molar-refractivity contribution in [3.63, 3.8) is 0 Å². The zero-order valence-corrected chi connectivity index (χ0v) is 22.5. The smallest absolute Gasteiger partial charge is 0.265 e. The minimum Gasteiger partial charge on any atom is -0.265 e. The first-order valence-electron chi connectivity index (χ1n) is 10.8. The first-order valence-corrected chi connectivity index (χ1v) is 10.8. The van der Waals surface area contributed by atoms with Crippen LogP contribution in [0.4, 0.5) is 149 Å². The van der Waals surface area contributed by atoms with E-state index in [2.05, 4.69) is 0 Å². The summed E-state index contributed by atoms with van der Waals surface area (Å²) in [4.78, 5) is 0. The van der Waals surface area contributed by atoms with Crippen LogP contribution in [0.15, 0.2) is 0 Å². The van der Waals surface area contributed by atoms with E-state index in [1.165, 1.54) is 0 Å². The number of alkyl halides is 34. The molecule has 0 fully saturated rings. The lowest BCUT2D eigenvalue weighted by Crippen LogP contribution is -2.75. The van der Waals surface area contributed by atoms with Gasteiger partial charge in [-0.25, -0.2) is 0 Å². The fraction of sp³-hybridized carbons (Fsp3) is 1.00. The molecule has 0 aliphatic rings. The molecular formula is C16F34O4. The third-order valence-electron chi connectivity index (χ3n) is 5.14. The highest BCUT2D eigenvalue weighted by atomic mass is 19.5. The van der Waals surface area contributed by atoms with Crippen molar-refractivity contribution in [3.05, 3.63) is 0 Å². The van der Waals surface area contributed by atoms with Gasteiger partial charge in [0.15, 0.2) is 0 Å². The molecule has 326 valence electrons. The lowest BCUT2D eigenvalue weighted by molar-refractivity contribution is -0.598. The van der Waals surface area contributed by atoms with E-state index < -0.39 is 96.8 Å². The fourth-order valence-electron chi connectivity index (χ4n) is 2.47. The summed E-state index contributed by atoms with van der Waals surface area (Å²) in [5.41, 5.74) is 0. The maximum Gasteiger partial charge on any atom is 0.462 e. The van der Waals surface area contributed by atoms with Crippen molar-refractivity contribution in [2.45, 2.75) is 96.8 Å². The van der Waals surface area contributed by atoms with Crippen molar-refractivity contribution in [3.8, 4) is 0 Å². The SMILES string of the molecule is FC(F)(F)C(F)(F)C(F)(F)OC(F)(C(F)(F)F)C(F)(F)OC(F)(C(F)(F)F)C(F)(F)OC(F)(C(F)(F)F)C(F)(OC(F)(F)C(F)(F)C(F)(F)F)C(F)(F)F. The minimum absolute atomic E-state index is 0.642. The molecule has 0 spiro atoms. The number of rotatable bonds is 13. The molecule has 0 saturated heterocycles. The standard InChI is InChI=1S/C16F34O4/c17-1(18,7(25,26)27)13(43,44)51-3(21,9(31,32)33)4(22,10(34,35)36)52-15(47,48)6(24,12(40,41)42)54-16(49,50)5(23,11(37,38)39)53-14(45,46)2(19,20)8(28,29)30. The molecule has 0 aromatic carbocycles. The van der Waals surface area contributed by atoms with E-state index in [1.807, 2.05) is 0 Å². The average molecular weight is 902 g/mol. The van der Waals surface area contributed by atoms with Crippen LogP contribution in [0.2, 0.25) is 0 Å². The second-order valence-electron chi connectivity index (χ2n) is 8.99. The third-order valence-corrected chi connectivity index (χ3v) is 5.14. The van der Waals surface area contributed by atoms with E-state index in [0.717, 1.165) is 4.74 Å². The third kappa shape index (κ3) is 8.00. The fourth-order valence-corrected chi connectivity index (χ4v) is 2.47. The highest BCUT2D eigenvalue weighted by molar-refractivity contribution is 5.04. The molecule has 0 saturated carbocycles. The van der Waals surface area contributed by atoms with Gasteiger partial charge in [-0.1, -0.05) is 0 Å². The number of halogens is 34. The quantitative estimate of drug-likeness (QED) is 0.173. The first-order chi connectivity index (χ1) is 22.6. The van der Waals surface area contributed by atoms with E-state index in [0.29, 0.717) is 14.2 Å². The Balaban J connectivity index is 8.05. The Labute approximate surface area is 266 Å². The average Bonchev–Trinajstić information content (AvgIpc) is 2.82. The van der Waals surface area contributed by atoms with Gasteiger partial charge in [0.2, 0.25) is 0 Å². The van der Waals surface area contributed by atoms with Gasteiger partial charge in [0.05, 0.1) is 0 Å². The molecule has 0 heterocycles. The molecule has 0 amide bonds. The predicted molar refractivity (Wildman–Crippen MR) is 85.7 cm³/mol. The molecule has 4 nitrogen and oxygen atoms in total. The Hall–Kier alpha value is -2.54. The molecular weight excluding hydrogens is 902 g/mol. The van der Waals surface area contributed by atoms with Crippen LogP contribution in [0.25, 0.3) is 0 Å². The largest absolute Gasteiger partial charge is 0.462 e. The van der Waals surface area contributed by atoms with Crippen LogP contribution in [0.3, 0.4) is 0 Å². The monoisotopic (exact) mass is 902 g/mol. The van der Waals surface area contributed by atoms with Crippen molar-refractivity contribution in [1.82, 2.24) is 0 Å². The Kier molecular flexibility index (Phi) is 12.4. The molecule has 4 unspecified atom stereocenters. The predicted octanol–water partition coefficient (Wildman–Crippen LogP) is 10.7. The lowest BCUT2D eigenvalue weighted by Gasteiger charge is -2.45. The second kappa shape index (κ2) is 13.0. The summed E-state index contributed by atoms with van der Waals surface area (Å²) in [6, 6.07) is 0. The number of hydrogen-bond donors (Lipinski definition) is 0. The van der Waals surface area contributed by atoms with E-state index in [9.17, 15) is 149 Å². The molecule has 4 atom stereocenters. The number of hydrogen-bond acceptors (Lipinski definition) is 4. The highest BCUT2D eigenvalue weighted by Gasteiger charge is 2.93. The molecule has 0 aromatic heterocycles. The summed E-state index contributed by atoms with van der Waals surface area (Å²) in [5.74, 6) is -55.1. The summed E-state index contributed by atoms with van der Waals surface area (Å²) >= 11 is 0. The minimum atomic E-state index is -9.66. The molecule has 0 bridgehead atoms. The van der Waals surface area contributed by atoms with Crippen molar-refractivity contribution in [1.29, 1.82) is 0 Å². The van der Waals surface area contributed by atoms with Crippen LogP contribution in [-0.2, 0) is 18.9 Å². The van der Waals surface area contributed by atoms with Gasteiger partial charge >= 0.3 is 96.8 Å². The van der Waals surface area contributed by atoms with Crippen LogP contribution < -0.4 is 0 Å². The molecule has 38 heteroatoms. The summed E-state index contributed by atoms with van der Waals surface area (Å²) in [6.45, 7) is 0. The van der Waals surface area contributed by atoms with Crippen LogP contribution in [0.5, 0.6) is 0 Å². The van der Waals surface area contributed by atoms with Gasteiger partial charge < -0.3 is 0 Å². The molecule has 0 rings (SSSR count). The molecule has 0 N–H and O–H groups in total. The van der Waals surface area contributed by atoms with Crippen LogP contribution in [0, 0.1) is 0 Å². The van der Waals surface area contributed by atoms with Crippen molar-refractivity contribution >= 4 is 0 Å². The highest BCUT2D eigenvalue weighted by Crippen LogP contribution is 2.63. The van der Waals surface area contributed by atoms with E-state index in [4.69, 9.17) is 0 Å². The molecule has 0 aliphatic heterocycles. The molecule has 54 heavy (non-hydrogen) atoms.